The van der Waals surface area contributed by atoms with Crippen LogP contribution in [0.15, 0.2) is 85.1 Å². The van der Waals surface area contributed by atoms with Gasteiger partial charge >= 0.3 is 5.97 Å². The average Bonchev–Trinajstić information content (AvgIpc) is 3.17. The number of carboxylic acid groups (broad SMARTS) is 1. The minimum absolute atomic E-state index is 0.192. The van der Waals surface area contributed by atoms with Gasteiger partial charge in [0, 0.05) is 11.8 Å². The summed E-state index contributed by atoms with van der Waals surface area (Å²) >= 11 is 0. The maximum Gasteiger partial charge on any atom is 0.335 e. The molecule has 5 heteroatoms. The first kappa shape index (κ1) is 16.2. The van der Waals surface area contributed by atoms with E-state index in [0.29, 0.717) is 16.9 Å². The van der Waals surface area contributed by atoms with Gasteiger partial charge in [-0.05, 0) is 35.7 Å². The number of rotatable bonds is 3. The lowest BCUT2D eigenvalue weighted by Crippen LogP contribution is -2.04. The van der Waals surface area contributed by atoms with Gasteiger partial charge in [-0.3, -0.25) is 4.57 Å². The molecule has 3 aromatic carbocycles. The van der Waals surface area contributed by atoms with Crippen LogP contribution in [0.5, 0.6) is 0 Å². The highest BCUT2D eigenvalue weighted by atomic mass is 16.4. The Labute approximate surface area is 160 Å². The third-order valence-electron chi connectivity index (χ3n) is 4.77. The van der Waals surface area contributed by atoms with Crippen LogP contribution in [0.2, 0.25) is 0 Å². The van der Waals surface area contributed by atoms with Gasteiger partial charge in [0.05, 0.1) is 22.1 Å². The molecule has 1 N–H and O–H groups in total. The third-order valence-corrected chi connectivity index (χ3v) is 4.77. The summed E-state index contributed by atoms with van der Waals surface area (Å²) in [5.41, 5.74) is 4.11. The van der Waals surface area contributed by atoms with E-state index in [0.717, 1.165) is 22.2 Å². The highest BCUT2D eigenvalue weighted by Crippen LogP contribution is 2.29. The van der Waals surface area contributed by atoms with Crippen LogP contribution in [0.1, 0.15) is 10.4 Å². The van der Waals surface area contributed by atoms with Crippen LogP contribution in [0.3, 0.4) is 0 Å². The van der Waals surface area contributed by atoms with Gasteiger partial charge in [-0.15, -0.1) is 0 Å². The molecule has 2 heterocycles. The summed E-state index contributed by atoms with van der Waals surface area (Å²) in [4.78, 5) is 21.0. The highest BCUT2D eigenvalue weighted by Gasteiger charge is 2.15. The predicted molar refractivity (Wildman–Crippen MR) is 109 cm³/mol. The molecule has 0 fully saturated rings. The van der Waals surface area contributed by atoms with Crippen molar-refractivity contribution in [3.05, 3.63) is 90.6 Å². The average molecular weight is 365 g/mol. The predicted octanol–water partition coefficient (Wildman–Crippen LogP) is 4.94. The van der Waals surface area contributed by atoms with Crippen molar-refractivity contribution >= 4 is 27.9 Å². The second-order valence-corrected chi connectivity index (χ2v) is 6.52. The number of hydrogen-bond donors (Lipinski definition) is 1. The fourth-order valence-electron chi connectivity index (χ4n) is 3.40. The van der Waals surface area contributed by atoms with Crippen molar-refractivity contribution in [3.8, 4) is 17.1 Å². The van der Waals surface area contributed by atoms with Crippen molar-refractivity contribution in [2.24, 2.45) is 0 Å². The van der Waals surface area contributed by atoms with Crippen LogP contribution in [0, 0.1) is 0 Å². The largest absolute Gasteiger partial charge is 0.478 e. The Bertz CT molecular complexity index is 1340. The molecule has 0 atom stereocenters. The van der Waals surface area contributed by atoms with Crippen molar-refractivity contribution in [1.82, 2.24) is 14.5 Å². The van der Waals surface area contributed by atoms with Crippen molar-refractivity contribution in [3.63, 3.8) is 0 Å². The van der Waals surface area contributed by atoms with Crippen LogP contribution < -0.4 is 0 Å². The van der Waals surface area contributed by atoms with E-state index in [-0.39, 0.29) is 5.56 Å². The topological polar surface area (TPSA) is 68.0 Å². The fourth-order valence-corrected chi connectivity index (χ4v) is 3.40. The first-order valence-corrected chi connectivity index (χ1v) is 8.88. The van der Waals surface area contributed by atoms with Gasteiger partial charge in [-0.1, -0.05) is 48.5 Å². The van der Waals surface area contributed by atoms with Gasteiger partial charge in [-0.2, -0.15) is 0 Å². The zero-order valence-electron chi connectivity index (χ0n) is 14.8. The van der Waals surface area contributed by atoms with E-state index >= 15 is 0 Å². The first-order chi connectivity index (χ1) is 13.7. The molecule has 5 nitrogen and oxygen atoms in total. The van der Waals surface area contributed by atoms with Gasteiger partial charge in [0.25, 0.3) is 0 Å². The van der Waals surface area contributed by atoms with E-state index in [1.165, 1.54) is 0 Å². The molecule has 0 bridgehead atoms. The van der Waals surface area contributed by atoms with Gasteiger partial charge in [0.1, 0.15) is 5.69 Å². The molecular weight excluding hydrogens is 350 g/mol. The molecule has 0 unspecified atom stereocenters. The summed E-state index contributed by atoms with van der Waals surface area (Å²) in [5.74, 6) is -0.314. The second kappa shape index (κ2) is 6.32. The first-order valence-electron chi connectivity index (χ1n) is 8.88. The molecule has 0 spiro atoms. The van der Waals surface area contributed by atoms with Gasteiger partial charge < -0.3 is 5.11 Å². The van der Waals surface area contributed by atoms with Crippen LogP contribution in [0.25, 0.3) is 39.0 Å². The van der Waals surface area contributed by atoms with Crippen LogP contribution in [-0.2, 0) is 0 Å². The van der Waals surface area contributed by atoms with E-state index in [2.05, 4.69) is 0 Å². The summed E-state index contributed by atoms with van der Waals surface area (Å²) in [5, 5.41) is 10.4. The lowest BCUT2D eigenvalue weighted by Gasteiger charge is -2.12. The number of hydrogen-bond acceptors (Lipinski definition) is 3. The standard InChI is InChI=1S/C23H15N3O2/c27-23(28)17-10-11-18-19(14-17)25-22(21(24-18)16-7-2-1-3-8-16)26-13-12-15-6-4-5-9-20(15)26/h1-14H,(H,27,28). The third kappa shape index (κ3) is 2.61. The molecule has 0 aliphatic heterocycles. The minimum Gasteiger partial charge on any atom is -0.478 e. The normalized spacial score (nSPS) is 11.1. The second-order valence-electron chi connectivity index (χ2n) is 6.52. The smallest absolute Gasteiger partial charge is 0.335 e. The van der Waals surface area contributed by atoms with Crippen LogP contribution >= 0.6 is 0 Å². The molecule has 134 valence electrons. The van der Waals surface area contributed by atoms with Gasteiger partial charge in [0.2, 0.25) is 0 Å². The van der Waals surface area contributed by atoms with Crippen molar-refractivity contribution in [2.75, 3.05) is 0 Å². The summed E-state index contributed by atoms with van der Waals surface area (Å²) in [6.45, 7) is 0. The van der Waals surface area contributed by atoms with E-state index in [4.69, 9.17) is 9.97 Å². The Hall–Kier alpha value is -3.99. The fraction of sp³-hybridized carbons (Fsp3) is 0. The Kier molecular flexibility index (Phi) is 3.66. The number of carboxylic acids is 1. The molecule has 5 aromatic rings. The zero-order valence-corrected chi connectivity index (χ0v) is 14.8. The number of fused-ring (bicyclic) bond motifs is 2. The Balaban J connectivity index is 1.85. The maximum absolute atomic E-state index is 11.4. The monoisotopic (exact) mass is 365 g/mol. The lowest BCUT2D eigenvalue weighted by molar-refractivity contribution is 0.0697. The van der Waals surface area contributed by atoms with Crippen molar-refractivity contribution in [2.45, 2.75) is 0 Å². The molecule has 5 rings (SSSR count). The molecule has 0 amide bonds. The zero-order chi connectivity index (χ0) is 19.1. The molecule has 0 saturated carbocycles. The number of nitrogens with zero attached hydrogens (tertiary/aromatic N) is 3. The molecule has 2 aromatic heterocycles. The Morgan fingerprint density at radius 3 is 2.43 bits per heavy atom. The van der Waals surface area contributed by atoms with Gasteiger partial charge in [0.15, 0.2) is 5.82 Å². The SMILES string of the molecule is O=C(O)c1ccc2nc(-c3ccccc3)c(-n3ccc4ccccc43)nc2c1. The number of aromatic carboxylic acids is 1. The summed E-state index contributed by atoms with van der Waals surface area (Å²) in [6, 6.07) is 24.8. The van der Waals surface area contributed by atoms with Crippen LogP contribution in [-0.4, -0.2) is 25.6 Å². The molecule has 28 heavy (non-hydrogen) atoms. The number of para-hydroxylation sites is 1. The quantitative estimate of drug-likeness (QED) is 0.492. The molecule has 0 aliphatic carbocycles. The summed E-state index contributed by atoms with van der Waals surface area (Å²) < 4.78 is 2.00. The van der Waals surface area contributed by atoms with Crippen molar-refractivity contribution in [1.29, 1.82) is 0 Å². The minimum atomic E-state index is -0.983. The maximum atomic E-state index is 11.4. The highest BCUT2D eigenvalue weighted by molar-refractivity contribution is 5.93. The van der Waals surface area contributed by atoms with E-state index in [9.17, 15) is 9.90 Å². The molecule has 0 aliphatic rings. The molecule has 0 radical (unpaired) electrons. The van der Waals surface area contributed by atoms with Crippen LogP contribution in [0.4, 0.5) is 0 Å². The van der Waals surface area contributed by atoms with E-state index < -0.39 is 5.97 Å². The van der Waals surface area contributed by atoms with E-state index in [1.807, 2.05) is 71.4 Å². The summed E-state index contributed by atoms with van der Waals surface area (Å²) in [6.07, 6.45) is 1.97. The summed E-state index contributed by atoms with van der Waals surface area (Å²) in [7, 11) is 0. The number of benzene rings is 3. The Morgan fingerprint density at radius 1 is 0.821 bits per heavy atom. The van der Waals surface area contributed by atoms with E-state index in [1.54, 1.807) is 18.2 Å². The Morgan fingerprint density at radius 2 is 1.61 bits per heavy atom. The number of carbonyl (C=O) groups is 1. The lowest BCUT2D eigenvalue weighted by atomic mass is 10.1. The molecule has 0 saturated heterocycles. The number of aromatic nitrogens is 3. The van der Waals surface area contributed by atoms with Crippen molar-refractivity contribution < 1.29 is 9.90 Å². The van der Waals surface area contributed by atoms with Gasteiger partial charge in [-0.25, -0.2) is 14.8 Å². The molecular formula is C23H15N3O2.